The molecule has 3 rings (SSSR count). The molecule has 7 nitrogen and oxygen atoms in total. The summed E-state index contributed by atoms with van der Waals surface area (Å²) in [6, 6.07) is 9.53. The molecule has 7 heteroatoms. The number of hydrogen-bond donors (Lipinski definition) is 1. The molecule has 1 fully saturated rings. The van der Waals surface area contributed by atoms with Crippen LogP contribution in [-0.4, -0.2) is 58.3 Å². The van der Waals surface area contributed by atoms with E-state index >= 15 is 0 Å². The molecule has 1 saturated heterocycles. The monoisotopic (exact) mass is 373 g/mol. The number of quaternary nitrogens is 1. The predicted octanol–water partition coefficient (Wildman–Crippen LogP) is 0.0674. The Bertz CT molecular complexity index is 749. The fraction of sp³-hybridized carbons (Fsp3) is 0.400. The van der Waals surface area contributed by atoms with Crippen molar-refractivity contribution in [3.05, 3.63) is 47.8 Å². The van der Waals surface area contributed by atoms with E-state index < -0.39 is 0 Å². The first-order chi connectivity index (χ1) is 13.2. The average Bonchev–Trinajstić information content (AvgIpc) is 2.73. The Morgan fingerprint density at radius 1 is 1.07 bits per heavy atom. The number of methoxy groups -OCH3 is 3. The summed E-state index contributed by atoms with van der Waals surface area (Å²) < 4.78 is 16.0. The third kappa shape index (κ3) is 4.31. The van der Waals surface area contributed by atoms with Gasteiger partial charge in [-0.05, 0) is 18.2 Å². The highest BCUT2D eigenvalue weighted by atomic mass is 16.5. The number of amides is 1. The Labute approximate surface area is 159 Å². The van der Waals surface area contributed by atoms with E-state index in [4.69, 9.17) is 14.2 Å². The average molecular weight is 373 g/mol. The highest BCUT2D eigenvalue weighted by Gasteiger charge is 2.27. The van der Waals surface area contributed by atoms with Crippen molar-refractivity contribution in [2.45, 2.75) is 6.54 Å². The Kier molecular flexibility index (Phi) is 6.13. The number of aromatic nitrogens is 1. The number of piperazine rings is 1. The number of aromatic amines is 1. The summed E-state index contributed by atoms with van der Waals surface area (Å²) in [7, 11) is 4.65. The Balaban J connectivity index is 1.67. The quantitative estimate of drug-likeness (QED) is 0.778. The lowest BCUT2D eigenvalue weighted by Gasteiger charge is -2.31. The molecular formula is C20H27N3O4+2. The minimum atomic E-state index is -0.0143. The second-order valence-corrected chi connectivity index (χ2v) is 6.52. The maximum atomic E-state index is 13.0. The lowest BCUT2D eigenvalue weighted by Crippen LogP contribution is -3.13. The van der Waals surface area contributed by atoms with Crippen molar-refractivity contribution in [3.8, 4) is 17.2 Å². The molecular weight excluding hydrogens is 346 g/mol. The van der Waals surface area contributed by atoms with E-state index in [2.05, 4.69) is 11.1 Å². The third-order valence-electron chi connectivity index (χ3n) is 4.88. The van der Waals surface area contributed by atoms with Gasteiger partial charge in [-0.25, -0.2) is 4.98 Å². The zero-order valence-corrected chi connectivity index (χ0v) is 16.1. The van der Waals surface area contributed by atoms with Crippen molar-refractivity contribution in [3.63, 3.8) is 0 Å². The molecule has 0 bridgehead atoms. The Morgan fingerprint density at radius 2 is 1.74 bits per heavy atom. The van der Waals surface area contributed by atoms with Crippen LogP contribution in [0.2, 0.25) is 0 Å². The first kappa shape index (κ1) is 19.0. The largest absolute Gasteiger partial charge is 0.493 e. The number of rotatable bonds is 6. The van der Waals surface area contributed by atoms with E-state index in [0.29, 0.717) is 22.8 Å². The highest BCUT2D eigenvalue weighted by Crippen LogP contribution is 2.38. The standard InChI is InChI=1S/C20H25N3O4/c1-25-17-12-15(13-18(26-2)19(17)27-3)20(24)23-10-8-22(9-11-23)14-16-6-4-5-7-21-16/h4-7,12-13H,8-11,14H2,1-3H3/p+2. The van der Waals surface area contributed by atoms with Gasteiger partial charge in [0.2, 0.25) is 11.4 Å². The van der Waals surface area contributed by atoms with Gasteiger partial charge in [0.1, 0.15) is 0 Å². The summed E-state index contributed by atoms with van der Waals surface area (Å²) in [5, 5.41) is 0. The molecule has 1 aromatic heterocycles. The molecule has 2 heterocycles. The number of nitrogens with one attached hydrogen (secondary N) is 2. The molecule has 1 aromatic carbocycles. The first-order valence-corrected chi connectivity index (χ1v) is 9.04. The second kappa shape index (κ2) is 8.73. The van der Waals surface area contributed by atoms with Gasteiger partial charge in [-0.3, -0.25) is 4.79 Å². The van der Waals surface area contributed by atoms with Gasteiger partial charge < -0.3 is 24.0 Å². The van der Waals surface area contributed by atoms with E-state index in [9.17, 15) is 4.79 Å². The lowest BCUT2D eigenvalue weighted by molar-refractivity contribution is -0.921. The van der Waals surface area contributed by atoms with Gasteiger partial charge in [-0.15, -0.1) is 0 Å². The van der Waals surface area contributed by atoms with Crippen LogP contribution in [0.15, 0.2) is 36.5 Å². The highest BCUT2D eigenvalue weighted by molar-refractivity contribution is 5.95. The van der Waals surface area contributed by atoms with Crippen LogP contribution < -0.4 is 24.1 Å². The van der Waals surface area contributed by atoms with Crippen LogP contribution in [0.25, 0.3) is 0 Å². The molecule has 2 N–H and O–H groups in total. The summed E-state index contributed by atoms with van der Waals surface area (Å²) in [5.41, 5.74) is 1.75. The summed E-state index contributed by atoms with van der Waals surface area (Å²) in [6.45, 7) is 4.21. The molecule has 144 valence electrons. The molecule has 1 amide bonds. The van der Waals surface area contributed by atoms with E-state index in [1.54, 1.807) is 33.5 Å². The SMILES string of the molecule is COc1cc(C(=O)N2CC[NH+](Cc3cccc[nH+]3)CC2)cc(OC)c1OC. The van der Waals surface area contributed by atoms with Crippen molar-refractivity contribution >= 4 is 5.91 Å². The molecule has 0 saturated carbocycles. The van der Waals surface area contributed by atoms with Crippen LogP contribution in [0.3, 0.4) is 0 Å². The molecule has 0 atom stereocenters. The van der Waals surface area contributed by atoms with E-state index in [0.717, 1.165) is 32.7 Å². The molecule has 1 aliphatic heterocycles. The Hall–Kier alpha value is -2.80. The van der Waals surface area contributed by atoms with Gasteiger partial charge >= 0.3 is 0 Å². The molecule has 2 aromatic rings. The van der Waals surface area contributed by atoms with Crippen molar-refractivity contribution in [1.82, 2.24) is 4.90 Å². The molecule has 27 heavy (non-hydrogen) atoms. The van der Waals surface area contributed by atoms with Crippen LogP contribution in [-0.2, 0) is 6.54 Å². The number of carbonyl (C=O) groups is 1. The molecule has 1 aliphatic rings. The van der Waals surface area contributed by atoms with Crippen molar-refractivity contribution in [2.24, 2.45) is 0 Å². The molecule has 0 spiro atoms. The summed E-state index contributed by atoms with van der Waals surface area (Å²) in [4.78, 5) is 19.6. The number of ether oxygens (including phenoxy) is 3. The van der Waals surface area contributed by atoms with Crippen molar-refractivity contribution < 1.29 is 28.9 Å². The minimum Gasteiger partial charge on any atom is -0.493 e. The summed E-state index contributed by atoms with van der Waals surface area (Å²) in [6.07, 6.45) is 1.94. The van der Waals surface area contributed by atoms with E-state index in [-0.39, 0.29) is 5.91 Å². The molecule has 0 unspecified atom stereocenters. The van der Waals surface area contributed by atoms with Gasteiger partial charge in [0.05, 0.1) is 47.5 Å². The second-order valence-electron chi connectivity index (χ2n) is 6.52. The fourth-order valence-electron chi connectivity index (χ4n) is 3.40. The molecule has 0 aliphatic carbocycles. The van der Waals surface area contributed by atoms with E-state index in [1.165, 1.54) is 10.6 Å². The van der Waals surface area contributed by atoms with Gasteiger partial charge in [-0.2, -0.15) is 0 Å². The van der Waals surface area contributed by atoms with Crippen LogP contribution >= 0.6 is 0 Å². The number of carbonyl (C=O) groups excluding carboxylic acids is 1. The van der Waals surface area contributed by atoms with Crippen LogP contribution in [0.1, 0.15) is 16.1 Å². The summed E-state index contributed by atoms with van der Waals surface area (Å²) >= 11 is 0. The first-order valence-electron chi connectivity index (χ1n) is 9.04. The van der Waals surface area contributed by atoms with Crippen molar-refractivity contribution in [2.75, 3.05) is 47.5 Å². The number of pyridine rings is 1. The smallest absolute Gasteiger partial charge is 0.254 e. The van der Waals surface area contributed by atoms with Crippen LogP contribution in [0, 0.1) is 0 Å². The minimum absolute atomic E-state index is 0.0143. The zero-order chi connectivity index (χ0) is 19.2. The maximum Gasteiger partial charge on any atom is 0.254 e. The molecule has 0 radical (unpaired) electrons. The number of hydrogen-bond acceptors (Lipinski definition) is 4. The maximum absolute atomic E-state index is 13.0. The Morgan fingerprint density at radius 3 is 2.26 bits per heavy atom. The van der Waals surface area contributed by atoms with E-state index in [1.807, 2.05) is 23.2 Å². The van der Waals surface area contributed by atoms with Crippen LogP contribution in [0.5, 0.6) is 17.2 Å². The van der Waals surface area contributed by atoms with Gasteiger partial charge in [-0.1, -0.05) is 0 Å². The van der Waals surface area contributed by atoms with Gasteiger partial charge in [0.15, 0.2) is 24.2 Å². The number of nitrogens with zero attached hydrogens (tertiary/aromatic N) is 1. The van der Waals surface area contributed by atoms with Crippen LogP contribution in [0.4, 0.5) is 0 Å². The third-order valence-corrected chi connectivity index (χ3v) is 4.88. The fourth-order valence-corrected chi connectivity index (χ4v) is 3.40. The summed E-state index contributed by atoms with van der Waals surface area (Å²) in [5.74, 6) is 1.46. The lowest BCUT2D eigenvalue weighted by atomic mass is 10.1. The van der Waals surface area contributed by atoms with Gasteiger partial charge in [0, 0.05) is 17.7 Å². The van der Waals surface area contributed by atoms with Crippen molar-refractivity contribution in [1.29, 1.82) is 0 Å². The normalized spacial score (nSPS) is 14.7. The number of benzene rings is 1. The number of H-pyrrole nitrogens is 1. The zero-order valence-electron chi connectivity index (χ0n) is 16.1. The topological polar surface area (TPSA) is 66.6 Å². The predicted molar refractivity (Wildman–Crippen MR) is 99.4 cm³/mol. The van der Waals surface area contributed by atoms with Gasteiger partial charge in [0.25, 0.3) is 5.91 Å².